The Morgan fingerprint density at radius 1 is 1.33 bits per heavy atom. The monoisotopic (exact) mass is 294 g/mol. The number of nitrogens with zero attached hydrogens (tertiary/aromatic N) is 1. The zero-order valence-electron chi connectivity index (χ0n) is 5.75. The van der Waals surface area contributed by atoms with Gasteiger partial charge < -0.3 is 5.73 Å². The van der Waals surface area contributed by atoms with E-state index in [1.54, 1.807) is 0 Å². The summed E-state index contributed by atoms with van der Waals surface area (Å²) in [6.45, 7) is 0. The molecule has 0 saturated carbocycles. The molecule has 1 rings (SSSR count). The Kier molecular flexibility index (Phi) is 2.69. The van der Waals surface area contributed by atoms with Gasteiger partial charge in [-0.25, -0.2) is 0 Å². The minimum Gasteiger partial charge on any atom is -0.398 e. The summed E-state index contributed by atoms with van der Waals surface area (Å²) >= 11 is 6.18. The number of rotatable bonds is 1. The highest BCUT2D eigenvalue weighted by Gasteiger charge is 2.15. The zero-order chi connectivity index (χ0) is 9.30. The lowest BCUT2D eigenvalue weighted by Gasteiger charge is -2.00. The van der Waals surface area contributed by atoms with Gasteiger partial charge in [-0.2, -0.15) is 0 Å². The predicted molar refractivity (Wildman–Crippen MR) is 52.9 cm³/mol. The van der Waals surface area contributed by atoms with Crippen LogP contribution in [0.25, 0.3) is 0 Å². The molecule has 0 aromatic heterocycles. The van der Waals surface area contributed by atoms with Crippen LogP contribution in [0.1, 0.15) is 0 Å². The summed E-state index contributed by atoms with van der Waals surface area (Å²) in [5.74, 6) is 0. The molecular weight excluding hydrogens is 292 g/mol. The van der Waals surface area contributed by atoms with Gasteiger partial charge in [-0.05, 0) is 37.9 Å². The molecule has 0 fully saturated rings. The lowest BCUT2D eigenvalue weighted by molar-refractivity contribution is -0.385. The third-order valence-electron chi connectivity index (χ3n) is 1.29. The van der Waals surface area contributed by atoms with Gasteiger partial charge in [0.05, 0.1) is 9.40 Å². The molecule has 4 nitrogen and oxygen atoms in total. The summed E-state index contributed by atoms with van der Waals surface area (Å²) < 4.78 is 0.879. The second kappa shape index (κ2) is 3.40. The van der Waals surface area contributed by atoms with Crippen LogP contribution in [0.15, 0.2) is 21.1 Å². The van der Waals surface area contributed by atoms with Gasteiger partial charge in [0.2, 0.25) is 0 Å². The molecule has 0 unspecified atom stereocenters. The molecule has 12 heavy (non-hydrogen) atoms. The lowest BCUT2D eigenvalue weighted by Crippen LogP contribution is -1.93. The maximum atomic E-state index is 10.4. The number of nitro groups is 1. The van der Waals surface area contributed by atoms with Crippen molar-refractivity contribution >= 4 is 43.2 Å². The quantitative estimate of drug-likeness (QED) is 0.492. The lowest BCUT2D eigenvalue weighted by atomic mass is 10.3. The molecule has 0 aliphatic carbocycles. The average molecular weight is 296 g/mol. The molecule has 1 aromatic rings. The topological polar surface area (TPSA) is 69.2 Å². The van der Waals surface area contributed by atoms with E-state index in [0.29, 0.717) is 14.6 Å². The standard InChI is InChI=1S/C6H4Br2N2O2/c7-5-3(9)1-2-4(6(5)8)10(11)12/h1-2H,9H2. The first-order valence-electron chi connectivity index (χ1n) is 2.92. The maximum Gasteiger partial charge on any atom is 0.284 e. The molecule has 64 valence electrons. The Labute approximate surface area is 85.2 Å². The van der Waals surface area contributed by atoms with Gasteiger partial charge in [0.1, 0.15) is 4.47 Å². The second-order valence-corrected chi connectivity index (χ2v) is 3.64. The van der Waals surface area contributed by atoms with Gasteiger partial charge in [-0.1, -0.05) is 0 Å². The highest BCUT2D eigenvalue weighted by atomic mass is 79.9. The Morgan fingerprint density at radius 3 is 2.42 bits per heavy atom. The van der Waals surface area contributed by atoms with Crippen LogP contribution in [0.3, 0.4) is 0 Å². The van der Waals surface area contributed by atoms with Crippen molar-refractivity contribution in [2.45, 2.75) is 0 Å². The maximum absolute atomic E-state index is 10.4. The van der Waals surface area contributed by atoms with Crippen LogP contribution in [-0.2, 0) is 0 Å². The van der Waals surface area contributed by atoms with Crippen LogP contribution >= 0.6 is 31.9 Å². The number of halogens is 2. The minimum atomic E-state index is -0.478. The number of anilines is 1. The molecule has 0 heterocycles. The smallest absolute Gasteiger partial charge is 0.284 e. The summed E-state index contributed by atoms with van der Waals surface area (Å²) in [4.78, 5) is 9.92. The van der Waals surface area contributed by atoms with Crippen molar-refractivity contribution in [2.75, 3.05) is 5.73 Å². The van der Waals surface area contributed by atoms with E-state index in [0.717, 1.165) is 0 Å². The molecule has 0 atom stereocenters. The Hall–Kier alpha value is -0.620. The fourth-order valence-corrected chi connectivity index (χ4v) is 1.54. The first-order valence-corrected chi connectivity index (χ1v) is 4.50. The molecular formula is C6H4Br2N2O2. The van der Waals surface area contributed by atoms with Gasteiger partial charge in [0.25, 0.3) is 5.69 Å². The van der Waals surface area contributed by atoms with E-state index in [2.05, 4.69) is 31.9 Å². The van der Waals surface area contributed by atoms with Crippen LogP contribution in [0.2, 0.25) is 0 Å². The molecule has 0 radical (unpaired) electrons. The van der Waals surface area contributed by atoms with E-state index in [1.165, 1.54) is 12.1 Å². The van der Waals surface area contributed by atoms with Crippen molar-refractivity contribution in [3.63, 3.8) is 0 Å². The van der Waals surface area contributed by atoms with Gasteiger partial charge in [0.15, 0.2) is 0 Å². The number of nitro benzene ring substituents is 1. The first-order chi connectivity index (χ1) is 5.54. The van der Waals surface area contributed by atoms with Crippen molar-refractivity contribution in [2.24, 2.45) is 0 Å². The van der Waals surface area contributed by atoms with Gasteiger partial charge in [-0.15, -0.1) is 0 Å². The van der Waals surface area contributed by atoms with Gasteiger partial charge in [0, 0.05) is 11.8 Å². The van der Waals surface area contributed by atoms with Crippen molar-refractivity contribution in [1.82, 2.24) is 0 Å². The zero-order valence-corrected chi connectivity index (χ0v) is 8.92. The minimum absolute atomic E-state index is 0.00363. The Morgan fingerprint density at radius 2 is 1.92 bits per heavy atom. The summed E-state index contributed by atoms with van der Waals surface area (Å²) in [7, 11) is 0. The van der Waals surface area contributed by atoms with Crippen molar-refractivity contribution in [1.29, 1.82) is 0 Å². The molecule has 0 aliphatic rings. The number of hydrogen-bond acceptors (Lipinski definition) is 3. The summed E-state index contributed by atoms with van der Waals surface area (Å²) in [5, 5.41) is 10.4. The average Bonchev–Trinajstić information content (AvgIpc) is 2.00. The first kappa shape index (κ1) is 9.47. The fourth-order valence-electron chi connectivity index (χ4n) is 0.695. The van der Waals surface area contributed by atoms with Crippen molar-refractivity contribution < 1.29 is 4.92 Å². The van der Waals surface area contributed by atoms with E-state index in [4.69, 9.17) is 5.73 Å². The van der Waals surface area contributed by atoms with Gasteiger partial charge >= 0.3 is 0 Å². The van der Waals surface area contributed by atoms with E-state index >= 15 is 0 Å². The fraction of sp³-hybridized carbons (Fsp3) is 0. The summed E-state index contributed by atoms with van der Waals surface area (Å²) in [6.07, 6.45) is 0. The molecule has 0 saturated heterocycles. The normalized spacial score (nSPS) is 9.83. The summed E-state index contributed by atoms with van der Waals surface area (Å²) in [6, 6.07) is 2.83. The Bertz CT molecular complexity index is 341. The summed E-state index contributed by atoms with van der Waals surface area (Å²) in [5.41, 5.74) is 5.95. The number of nitrogen functional groups attached to an aromatic ring is 1. The largest absolute Gasteiger partial charge is 0.398 e. The second-order valence-electron chi connectivity index (χ2n) is 2.06. The van der Waals surface area contributed by atoms with Crippen LogP contribution in [-0.4, -0.2) is 4.92 Å². The molecule has 0 aliphatic heterocycles. The molecule has 0 spiro atoms. The highest BCUT2D eigenvalue weighted by molar-refractivity contribution is 9.13. The molecule has 6 heteroatoms. The molecule has 1 aromatic carbocycles. The van der Waals surface area contributed by atoms with Crippen LogP contribution in [0, 0.1) is 10.1 Å². The molecule has 2 N–H and O–H groups in total. The van der Waals surface area contributed by atoms with Crippen LogP contribution in [0.4, 0.5) is 11.4 Å². The third-order valence-corrected chi connectivity index (χ3v) is 3.48. The highest BCUT2D eigenvalue weighted by Crippen LogP contribution is 2.35. The molecule has 0 bridgehead atoms. The SMILES string of the molecule is Nc1ccc([N+](=O)[O-])c(Br)c1Br. The van der Waals surface area contributed by atoms with Crippen LogP contribution < -0.4 is 5.73 Å². The van der Waals surface area contributed by atoms with E-state index < -0.39 is 4.92 Å². The van der Waals surface area contributed by atoms with E-state index in [-0.39, 0.29) is 5.69 Å². The third kappa shape index (κ3) is 1.59. The number of nitrogens with two attached hydrogens (primary N) is 1. The van der Waals surface area contributed by atoms with Crippen molar-refractivity contribution in [3.8, 4) is 0 Å². The predicted octanol–water partition coefficient (Wildman–Crippen LogP) is 2.70. The van der Waals surface area contributed by atoms with E-state index in [9.17, 15) is 10.1 Å². The number of hydrogen-bond donors (Lipinski definition) is 1. The van der Waals surface area contributed by atoms with Crippen LogP contribution in [0.5, 0.6) is 0 Å². The van der Waals surface area contributed by atoms with Gasteiger partial charge in [-0.3, -0.25) is 10.1 Å². The number of benzene rings is 1. The van der Waals surface area contributed by atoms with Crippen molar-refractivity contribution in [3.05, 3.63) is 31.2 Å². The Balaban J connectivity index is 3.36. The molecule has 0 amide bonds. The van der Waals surface area contributed by atoms with E-state index in [1.807, 2.05) is 0 Å².